The number of hydrogen-bond donors (Lipinski definition) is 0. The minimum absolute atomic E-state index is 1.35. The van der Waals surface area contributed by atoms with Crippen molar-refractivity contribution in [3.05, 3.63) is 70.4 Å². The first-order valence-corrected chi connectivity index (χ1v) is 9.12. The summed E-state index contributed by atoms with van der Waals surface area (Å²) in [4.78, 5) is 2.69. The summed E-state index contributed by atoms with van der Waals surface area (Å²) >= 11 is 3.61. The molecule has 0 radical (unpaired) electrons. The van der Waals surface area contributed by atoms with Crippen LogP contribution in [-0.2, 0) is 0 Å². The normalized spacial score (nSPS) is 11.2. The average Bonchev–Trinajstić information content (AvgIpc) is 3.22. The Kier molecular flexibility index (Phi) is 3.36. The Labute approximate surface area is 138 Å². The van der Waals surface area contributed by atoms with Gasteiger partial charge in [-0.25, -0.2) is 0 Å². The van der Waals surface area contributed by atoms with Crippen molar-refractivity contribution < 1.29 is 0 Å². The maximum Gasteiger partial charge on any atom is 0.0345 e. The Morgan fingerprint density at radius 2 is 1.05 bits per heavy atom. The first-order valence-electron chi connectivity index (χ1n) is 7.36. The molecular weight excluding hydrogens is 304 g/mol. The van der Waals surface area contributed by atoms with Crippen LogP contribution in [0.4, 0.5) is 0 Å². The summed E-state index contributed by atoms with van der Waals surface area (Å²) in [5, 5.41) is 7.02. The highest BCUT2D eigenvalue weighted by Crippen LogP contribution is 2.37. The van der Waals surface area contributed by atoms with Crippen LogP contribution < -0.4 is 0 Å². The largest absolute Gasteiger partial charge is 0.144 e. The molecule has 2 heteroatoms. The van der Waals surface area contributed by atoms with Gasteiger partial charge in [-0.05, 0) is 69.8 Å². The van der Waals surface area contributed by atoms with Crippen LogP contribution in [0.3, 0.4) is 0 Å². The number of benzene rings is 2. The lowest BCUT2D eigenvalue weighted by atomic mass is 9.93. The van der Waals surface area contributed by atoms with E-state index in [0.29, 0.717) is 0 Å². The Balaban J connectivity index is 1.96. The second kappa shape index (κ2) is 5.38. The van der Waals surface area contributed by atoms with Gasteiger partial charge in [0.25, 0.3) is 0 Å². The molecule has 2 heterocycles. The first-order chi connectivity index (χ1) is 10.8. The van der Waals surface area contributed by atoms with Gasteiger partial charge in [0.2, 0.25) is 0 Å². The van der Waals surface area contributed by atoms with Crippen LogP contribution in [0, 0.1) is 13.8 Å². The molecule has 22 heavy (non-hydrogen) atoms. The number of thiophene rings is 2. The van der Waals surface area contributed by atoms with E-state index < -0.39 is 0 Å². The fourth-order valence-corrected chi connectivity index (χ4v) is 4.72. The lowest BCUT2D eigenvalue weighted by molar-refractivity contribution is 1.48. The number of fused-ring (bicyclic) bond motifs is 1. The number of hydrogen-bond acceptors (Lipinski definition) is 2. The van der Waals surface area contributed by atoms with Crippen molar-refractivity contribution in [3.63, 3.8) is 0 Å². The molecule has 0 spiro atoms. The predicted octanol–water partition coefficient (Wildman–Crippen LogP) is 6.91. The molecule has 0 atom stereocenters. The summed E-state index contributed by atoms with van der Waals surface area (Å²) in [6.45, 7) is 4.48. The van der Waals surface area contributed by atoms with Crippen molar-refractivity contribution in [2.24, 2.45) is 0 Å². The zero-order valence-corrected chi connectivity index (χ0v) is 14.2. The van der Waals surface area contributed by atoms with Crippen LogP contribution in [0.5, 0.6) is 0 Å². The van der Waals surface area contributed by atoms with Crippen LogP contribution in [-0.4, -0.2) is 0 Å². The Hall–Kier alpha value is -1.90. The molecule has 0 bridgehead atoms. The number of rotatable bonds is 2. The summed E-state index contributed by atoms with van der Waals surface area (Å²) in [5.74, 6) is 0. The minimum atomic E-state index is 1.35. The highest BCUT2D eigenvalue weighted by Gasteiger charge is 2.11. The van der Waals surface area contributed by atoms with Gasteiger partial charge in [-0.1, -0.05) is 36.4 Å². The van der Waals surface area contributed by atoms with Crippen LogP contribution in [0.15, 0.2) is 59.3 Å². The lowest BCUT2D eigenvalue weighted by Crippen LogP contribution is -1.88. The van der Waals surface area contributed by atoms with Gasteiger partial charge in [0, 0.05) is 9.75 Å². The predicted molar refractivity (Wildman–Crippen MR) is 100 cm³/mol. The number of aryl methyl sites for hydroxylation is 2. The third kappa shape index (κ3) is 2.11. The van der Waals surface area contributed by atoms with Gasteiger partial charge < -0.3 is 0 Å². The molecule has 108 valence electrons. The summed E-state index contributed by atoms with van der Waals surface area (Å²) in [5.41, 5.74) is 5.46. The van der Waals surface area contributed by atoms with Crippen molar-refractivity contribution >= 4 is 33.4 Å². The van der Waals surface area contributed by atoms with Gasteiger partial charge in [-0.3, -0.25) is 0 Å². The van der Waals surface area contributed by atoms with E-state index in [2.05, 4.69) is 73.1 Å². The molecule has 0 aliphatic carbocycles. The average molecular weight is 320 g/mol. The second-order valence-electron chi connectivity index (χ2n) is 5.53. The molecule has 4 rings (SSSR count). The monoisotopic (exact) mass is 320 g/mol. The van der Waals surface area contributed by atoms with Crippen molar-refractivity contribution in [3.8, 4) is 20.9 Å². The van der Waals surface area contributed by atoms with Gasteiger partial charge in [-0.15, -0.1) is 22.7 Å². The Bertz CT molecular complexity index is 850. The summed E-state index contributed by atoms with van der Waals surface area (Å²) in [7, 11) is 0. The topological polar surface area (TPSA) is 0 Å². The third-order valence-corrected chi connectivity index (χ3v) is 6.12. The summed E-state index contributed by atoms with van der Waals surface area (Å²) < 4.78 is 0. The molecule has 0 unspecified atom stereocenters. The zero-order chi connectivity index (χ0) is 15.1. The SMILES string of the molecule is Cc1c(-c2cccs2)ccc2c(C)c(-c3cccs3)ccc12. The van der Waals surface area contributed by atoms with Gasteiger partial charge in [-0.2, -0.15) is 0 Å². The van der Waals surface area contributed by atoms with Crippen LogP contribution in [0.1, 0.15) is 11.1 Å². The second-order valence-corrected chi connectivity index (χ2v) is 7.42. The highest BCUT2D eigenvalue weighted by atomic mass is 32.1. The highest BCUT2D eigenvalue weighted by molar-refractivity contribution is 7.13. The Morgan fingerprint density at radius 3 is 1.41 bits per heavy atom. The Morgan fingerprint density at radius 1 is 0.591 bits per heavy atom. The quantitative estimate of drug-likeness (QED) is 0.376. The van der Waals surface area contributed by atoms with E-state index in [0.717, 1.165) is 0 Å². The maximum absolute atomic E-state index is 2.28. The van der Waals surface area contributed by atoms with E-state index in [1.807, 2.05) is 0 Å². The first kappa shape index (κ1) is 13.7. The fraction of sp³-hybridized carbons (Fsp3) is 0.100. The molecule has 0 saturated carbocycles. The molecule has 0 aliphatic heterocycles. The molecule has 0 saturated heterocycles. The molecule has 2 aromatic heterocycles. The lowest BCUT2D eigenvalue weighted by Gasteiger charge is -2.13. The maximum atomic E-state index is 2.28. The van der Waals surface area contributed by atoms with Gasteiger partial charge >= 0.3 is 0 Å². The van der Waals surface area contributed by atoms with E-state index in [1.165, 1.54) is 42.8 Å². The van der Waals surface area contributed by atoms with Gasteiger partial charge in [0.05, 0.1) is 0 Å². The fourth-order valence-electron chi connectivity index (χ4n) is 3.10. The third-order valence-electron chi connectivity index (χ3n) is 4.31. The minimum Gasteiger partial charge on any atom is -0.144 e. The summed E-state index contributed by atoms with van der Waals surface area (Å²) in [6.07, 6.45) is 0. The van der Waals surface area contributed by atoms with Crippen molar-refractivity contribution in [2.45, 2.75) is 13.8 Å². The molecule has 0 N–H and O–H groups in total. The molecule has 0 fully saturated rings. The van der Waals surface area contributed by atoms with Crippen molar-refractivity contribution in [1.29, 1.82) is 0 Å². The smallest absolute Gasteiger partial charge is 0.0345 e. The van der Waals surface area contributed by atoms with Crippen LogP contribution >= 0.6 is 22.7 Å². The van der Waals surface area contributed by atoms with E-state index in [1.54, 1.807) is 22.7 Å². The standard InChI is InChI=1S/C20H16S2/c1-13-15-7-10-18(20-6-4-12-22-20)14(2)16(15)8-9-17(13)19-5-3-11-21-19/h3-12H,1-2H3. The molecule has 0 amide bonds. The molecule has 2 aromatic carbocycles. The van der Waals surface area contributed by atoms with E-state index >= 15 is 0 Å². The zero-order valence-electron chi connectivity index (χ0n) is 12.6. The summed E-state index contributed by atoms with van der Waals surface area (Å²) in [6, 6.07) is 17.7. The molecule has 0 aliphatic rings. The van der Waals surface area contributed by atoms with Crippen molar-refractivity contribution in [1.82, 2.24) is 0 Å². The van der Waals surface area contributed by atoms with E-state index in [4.69, 9.17) is 0 Å². The van der Waals surface area contributed by atoms with Crippen LogP contribution in [0.2, 0.25) is 0 Å². The van der Waals surface area contributed by atoms with Gasteiger partial charge in [0.1, 0.15) is 0 Å². The molecule has 0 nitrogen and oxygen atoms in total. The van der Waals surface area contributed by atoms with Gasteiger partial charge in [0.15, 0.2) is 0 Å². The van der Waals surface area contributed by atoms with Crippen LogP contribution in [0.25, 0.3) is 31.7 Å². The molecule has 4 aromatic rings. The van der Waals surface area contributed by atoms with E-state index in [9.17, 15) is 0 Å². The molecular formula is C20H16S2. The van der Waals surface area contributed by atoms with Crippen molar-refractivity contribution in [2.75, 3.05) is 0 Å². The van der Waals surface area contributed by atoms with E-state index in [-0.39, 0.29) is 0 Å².